The summed E-state index contributed by atoms with van der Waals surface area (Å²) in [6.07, 6.45) is 5.09. The Balaban J connectivity index is 1.37. The normalized spacial score (nSPS) is 28.3. The van der Waals surface area contributed by atoms with Crippen molar-refractivity contribution in [3.8, 4) is 0 Å². The summed E-state index contributed by atoms with van der Waals surface area (Å²) in [5, 5.41) is 0. The van der Waals surface area contributed by atoms with Gasteiger partial charge in [0.15, 0.2) is 11.6 Å². The number of benzene rings is 1. The first-order valence-corrected chi connectivity index (χ1v) is 9.68. The van der Waals surface area contributed by atoms with Crippen molar-refractivity contribution in [2.45, 2.75) is 38.1 Å². The molecule has 0 bridgehead atoms. The van der Waals surface area contributed by atoms with Gasteiger partial charge in [-0.3, -0.25) is 9.69 Å². The van der Waals surface area contributed by atoms with Gasteiger partial charge in [-0.15, -0.1) is 0 Å². The first kappa shape index (κ1) is 17.7. The predicted molar refractivity (Wildman–Crippen MR) is 97.1 cm³/mol. The van der Waals surface area contributed by atoms with Crippen LogP contribution in [-0.2, 0) is 4.79 Å². The maximum Gasteiger partial charge on any atom is 0.229 e. The van der Waals surface area contributed by atoms with E-state index in [1.54, 1.807) is 6.07 Å². The molecule has 1 spiro atoms. The highest BCUT2D eigenvalue weighted by atomic mass is 19.2. The van der Waals surface area contributed by atoms with E-state index in [0.29, 0.717) is 11.9 Å². The molecule has 3 aliphatic heterocycles. The van der Waals surface area contributed by atoms with E-state index in [1.807, 2.05) is 11.9 Å². The molecule has 1 aromatic carbocycles. The van der Waals surface area contributed by atoms with Crippen LogP contribution in [0.4, 0.5) is 14.5 Å². The SMILES string of the molecule is CN1CCC[C@]2(CCN(C3CCN(c4ccc(F)c(F)c4)CC3)C2)C1=O. The minimum Gasteiger partial charge on any atom is -0.371 e. The molecule has 0 N–H and O–H groups in total. The lowest BCUT2D eigenvalue weighted by Gasteiger charge is -2.40. The largest absolute Gasteiger partial charge is 0.371 e. The summed E-state index contributed by atoms with van der Waals surface area (Å²) in [6.45, 7) is 4.44. The summed E-state index contributed by atoms with van der Waals surface area (Å²) in [5.74, 6) is -1.26. The van der Waals surface area contributed by atoms with Gasteiger partial charge in [-0.05, 0) is 50.8 Å². The summed E-state index contributed by atoms with van der Waals surface area (Å²) < 4.78 is 26.6. The fourth-order valence-electron chi connectivity index (χ4n) is 5.03. The van der Waals surface area contributed by atoms with E-state index in [1.165, 1.54) is 12.1 Å². The van der Waals surface area contributed by atoms with Crippen LogP contribution in [-0.4, -0.2) is 61.5 Å². The zero-order valence-electron chi connectivity index (χ0n) is 15.4. The highest BCUT2D eigenvalue weighted by Gasteiger charge is 2.48. The van der Waals surface area contributed by atoms with Crippen LogP contribution in [0.5, 0.6) is 0 Å². The number of nitrogens with zero attached hydrogens (tertiary/aromatic N) is 3. The zero-order valence-corrected chi connectivity index (χ0v) is 15.4. The number of hydrogen-bond donors (Lipinski definition) is 0. The van der Waals surface area contributed by atoms with Gasteiger partial charge in [0.1, 0.15) is 0 Å². The number of rotatable bonds is 2. The topological polar surface area (TPSA) is 26.8 Å². The van der Waals surface area contributed by atoms with Gasteiger partial charge in [0.25, 0.3) is 0 Å². The van der Waals surface area contributed by atoms with Crippen molar-refractivity contribution in [2.24, 2.45) is 5.41 Å². The molecule has 1 aromatic rings. The van der Waals surface area contributed by atoms with Crippen molar-refractivity contribution in [2.75, 3.05) is 44.7 Å². The van der Waals surface area contributed by atoms with Gasteiger partial charge < -0.3 is 9.80 Å². The number of hydrogen-bond acceptors (Lipinski definition) is 3. The number of likely N-dealkylation sites (tertiary alicyclic amines) is 2. The average Bonchev–Trinajstić information content (AvgIpc) is 3.07. The van der Waals surface area contributed by atoms with E-state index in [2.05, 4.69) is 9.80 Å². The Morgan fingerprint density at radius 3 is 2.54 bits per heavy atom. The highest BCUT2D eigenvalue weighted by molar-refractivity contribution is 5.83. The van der Waals surface area contributed by atoms with Gasteiger partial charge in [0, 0.05) is 51.0 Å². The van der Waals surface area contributed by atoms with Crippen LogP contribution in [0, 0.1) is 17.0 Å². The van der Waals surface area contributed by atoms with Crippen LogP contribution in [0.25, 0.3) is 0 Å². The Labute approximate surface area is 153 Å². The molecule has 142 valence electrons. The molecule has 0 saturated carbocycles. The standard InChI is InChI=1S/C20H27F2N3O/c1-23-9-2-7-20(19(23)26)8-12-25(14-20)15-5-10-24(11-6-15)16-3-4-17(21)18(22)13-16/h3-4,13,15H,2,5-12,14H2,1H3/t20-/m1/s1. The van der Waals surface area contributed by atoms with Crippen molar-refractivity contribution in [3.05, 3.63) is 29.8 Å². The molecule has 0 aromatic heterocycles. The number of anilines is 1. The second-order valence-corrected chi connectivity index (χ2v) is 8.15. The lowest BCUT2D eigenvalue weighted by molar-refractivity contribution is -0.144. The third-order valence-corrected chi connectivity index (χ3v) is 6.58. The summed E-state index contributed by atoms with van der Waals surface area (Å²) in [6, 6.07) is 4.62. The molecular formula is C20H27F2N3O. The monoisotopic (exact) mass is 363 g/mol. The van der Waals surface area contributed by atoms with Crippen LogP contribution >= 0.6 is 0 Å². The highest BCUT2D eigenvalue weighted by Crippen LogP contribution is 2.41. The minimum absolute atomic E-state index is 0.162. The molecule has 0 unspecified atom stereocenters. The Hall–Kier alpha value is -1.69. The number of halogens is 2. The molecule has 3 fully saturated rings. The summed E-state index contributed by atoms with van der Waals surface area (Å²) in [4.78, 5) is 19.2. The van der Waals surface area contributed by atoms with Gasteiger partial charge >= 0.3 is 0 Å². The van der Waals surface area contributed by atoms with Gasteiger partial charge in [0.05, 0.1) is 5.41 Å². The third-order valence-electron chi connectivity index (χ3n) is 6.58. The number of amides is 1. The fraction of sp³-hybridized carbons (Fsp3) is 0.650. The van der Waals surface area contributed by atoms with E-state index < -0.39 is 11.6 Å². The van der Waals surface area contributed by atoms with E-state index in [4.69, 9.17) is 0 Å². The number of carbonyl (C=O) groups is 1. The maximum absolute atomic E-state index is 13.5. The summed E-state index contributed by atoms with van der Waals surface area (Å²) in [7, 11) is 1.92. The van der Waals surface area contributed by atoms with Crippen LogP contribution in [0.2, 0.25) is 0 Å². The van der Waals surface area contributed by atoms with Crippen molar-refractivity contribution in [1.82, 2.24) is 9.80 Å². The van der Waals surface area contributed by atoms with Crippen LogP contribution in [0.3, 0.4) is 0 Å². The van der Waals surface area contributed by atoms with E-state index in [9.17, 15) is 13.6 Å². The molecule has 0 radical (unpaired) electrons. The molecule has 3 aliphatic rings. The predicted octanol–water partition coefficient (Wildman–Crippen LogP) is 2.88. The number of carbonyl (C=O) groups excluding carboxylic acids is 1. The first-order chi connectivity index (χ1) is 12.5. The Kier molecular flexibility index (Phi) is 4.63. The molecule has 26 heavy (non-hydrogen) atoms. The average molecular weight is 363 g/mol. The Morgan fingerprint density at radius 1 is 1.04 bits per heavy atom. The molecule has 6 heteroatoms. The number of piperidine rings is 2. The fourth-order valence-corrected chi connectivity index (χ4v) is 5.03. The van der Waals surface area contributed by atoms with Gasteiger partial charge in [-0.1, -0.05) is 0 Å². The molecule has 1 atom stereocenters. The third kappa shape index (κ3) is 3.08. The lowest BCUT2D eigenvalue weighted by atomic mass is 9.78. The van der Waals surface area contributed by atoms with Crippen LogP contribution in [0.1, 0.15) is 32.1 Å². The molecule has 1 amide bonds. The maximum atomic E-state index is 13.5. The second-order valence-electron chi connectivity index (χ2n) is 8.15. The van der Waals surface area contributed by atoms with Crippen molar-refractivity contribution in [3.63, 3.8) is 0 Å². The summed E-state index contributed by atoms with van der Waals surface area (Å²) in [5.41, 5.74) is 0.592. The summed E-state index contributed by atoms with van der Waals surface area (Å²) >= 11 is 0. The van der Waals surface area contributed by atoms with Crippen LogP contribution < -0.4 is 4.90 Å². The minimum atomic E-state index is -0.798. The molecule has 3 saturated heterocycles. The smallest absolute Gasteiger partial charge is 0.229 e. The Bertz CT molecular complexity index is 690. The van der Waals surface area contributed by atoms with E-state index in [0.717, 1.165) is 70.5 Å². The molecule has 0 aliphatic carbocycles. The van der Waals surface area contributed by atoms with E-state index >= 15 is 0 Å². The van der Waals surface area contributed by atoms with Crippen molar-refractivity contribution >= 4 is 11.6 Å². The molecular weight excluding hydrogens is 336 g/mol. The van der Waals surface area contributed by atoms with Crippen molar-refractivity contribution in [1.29, 1.82) is 0 Å². The molecule has 3 heterocycles. The second kappa shape index (κ2) is 6.80. The first-order valence-electron chi connectivity index (χ1n) is 9.68. The van der Waals surface area contributed by atoms with Gasteiger partial charge in [-0.2, -0.15) is 0 Å². The van der Waals surface area contributed by atoms with E-state index in [-0.39, 0.29) is 5.41 Å². The molecule has 4 rings (SSSR count). The van der Waals surface area contributed by atoms with Gasteiger partial charge in [0.2, 0.25) is 5.91 Å². The van der Waals surface area contributed by atoms with Crippen molar-refractivity contribution < 1.29 is 13.6 Å². The quantitative estimate of drug-likeness (QED) is 0.808. The zero-order chi connectivity index (χ0) is 18.3. The van der Waals surface area contributed by atoms with Crippen LogP contribution in [0.15, 0.2) is 18.2 Å². The lowest BCUT2D eigenvalue weighted by Crippen LogP contribution is -2.50. The Morgan fingerprint density at radius 2 is 1.81 bits per heavy atom. The van der Waals surface area contributed by atoms with Gasteiger partial charge in [-0.25, -0.2) is 8.78 Å². The molecule has 4 nitrogen and oxygen atoms in total.